The maximum absolute atomic E-state index is 13.9. The zero-order valence-corrected chi connectivity index (χ0v) is 20.0. The number of carbonyl (C=O) groups is 1. The Kier molecular flexibility index (Phi) is 7.32. The summed E-state index contributed by atoms with van der Waals surface area (Å²) >= 11 is 0. The lowest BCUT2D eigenvalue weighted by molar-refractivity contribution is 0.0716. The normalized spacial score (nSPS) is 15.4. The third-order valence-electron chi connectivity index (χ3n) is 6.18. The van der Waals surface area contributed by atoms with Crippen molar-refractivity contribution in [3.63, 3.8) is 0 Å². The number of ether oxygens (including phenoxy) is 1. The van der Waals surface area contributed by atoms with Gasteiger partial charge in [0.05, 0.1) is 23.6 Å². The molecule has 1 aliphatic heterocycles. The lowest BCUT2D eigenvalue weighted by atomic mass is 9.98. The molecule has 0 spiro atoms. The Morgan fingerprint density at radius 3 is 2.53 bits per heavy atom. The van der Waals surface area contributed by atoms with Crippen LogP contribution in [-0.2, 0) is 0 Å². The molecule has 7 heteroatoms. The first-order valence-electron chi connectivity index (χ1n) is 11.9. The van der Waals surface area contributed by atoms with Crippen molar-refractivity contribution in [3.05, 3.63) is 75.4 Å². The summed E-state index contributed by atoms with van der Waals surface area (Å²) < 4.78 is 25.6. The highest BCUT2D eigenvalue weighted by Gasteiger charge is 2.42. The van der Waals surface area contributed by atoms with E-state index in [1.54, 1.807) is 4.90 Å². The number of hydrogen-bond donors (Lipinski definition) is 0. The fourth-order valence-electron chi connectivity index (χ4n) is 4.34. The Morgan fingerprint density at radius 2 is 1.82 bits per heavy atom. The number of nitrogens with zero attached hydrogens (tertiary/aromatic N) is 2. The third-order valence-corrected chi connectivity index (χ3v) is 6.18. The molecule has 4 rings (SSSR count). The van der Waals surface area contributed by atoms with Crippen molar-refractivity contribution >= 4 is 16.9 Å². The van der Waals surface area contributed by atoms with E-state index in [4.69, 9.17) is 9.15 Å². The van der Waals surface area contributed by atoms with Gasteiger partial charge in [0, 0.05) is 13.1 Å². The first-order chi connectivity index (χ1) is 16.4. The quantitative estimate of drug-likeness (QED) is 0.394. The molecule has 1 aliphatic rings. The number of rotatable bonds is 10. The van der Waals surface area contributed by atoms with E-state index in [0.29, 0.717) is 19.7 Å². The first kappa shape index (κ1) is 24.0. The smallest absolute Gasteiger partial charge is 0.290 e. The van der Waals surface area contributed by atoms with E-state index in [9.17, 15) is 14.0 Å². The summed E-state index contributed by atoms with van der Waals surface area (Å²) in [6, 6.07) is 10.7. The van der Waals surface area contributed by atoms with Crippen LogP contribution in [0.4, 0.5) is 4.39 Å². The maximum atomic E-state index is 13.9. The van der Waals surface area contributed by atoms with Gasteiger partial charge in [0.15, 0.2) is 5.43 Å². The van der Waals surface area contributed by atoms with Gasteiger partial charge < -0.3 is 19.0 Å². The molecule has 3 aromatic rings. The van der Waals surface area contributed by atoms with Crippen molar-refractivity contribution in [2.24, 2.45) is 0 Å². The summed E-state index contributed by atoms with van der Waals surface area (Å²) in [6.45, 7) is 3.87. The SMILES string of the molecule is CCCCCCOc1ccc(C2c3c(oc4ccc(F)cc4c3=O)C(=O)N2CCN(C)C)cc1. The van der Waals surface area contributed by atoms with Gasteiger partial charge in [-0.3, -0.25) is 9.59 Å². The highest BCUT2D eigenvalue weighted by atomic mass is 19.1. The van der Waals surface area contributed by atoms with E-state index in [1.165, 1.54) is 31.0 Å². The number of unbranched alkanes of at least 4 members (excludes halogenated alkanes) is 3. The van der Waals surface area contributed by atoms with Crippen LogP contribution in [0.25, 0.3) is 11.0 Å². The molecule has 0 saturated heterocycles. The minimum absolute atomic E-state index is 0.0316. The molecule has 0 saturated carbocycles. The van der Waals surface area contributed by atoms with Gasteiger partial charge in [0.25, 0.3) is 5.91 Å². The van der Waals surface area contributed by atoms with Crippen LogP contribution in [0.3, 0.4) is 0 Å². The summed E-state index contributed by atoms with van der Waals surface area (Å²) in [4.78, 5) is 30.4. The van der Waals surface area contributed by atoms with E-state index >= 15 is 0 Å². The van der Waals surface area contributed by atoms with Crippen molar-refractivity contribution in [1.29, 1.82) is 0 Å². The van der Waals surface area contributed by atoms with Crippen LogP contribution in [0, 0.1) is 5.82 Å². The Hall–Kier alpha value is -3.19. The highest BCUT2D eigenvalue weighted by molar-refractivity contribution is 5.99. The van der Waals surface area contributed by atoms with E-state index in [2.05, 4.69) is 6.92 Å². The van der Waals surface area contributed by atoms with Crippen molar-refractivity contribution in [1.82, 2.24) is 9.80 Å². The fraction of sp³-hybridized carbons (Fsp3) is 0.407. The average Bonchev–Trinajstić information content (AvgIpc) is 3.10. The molecule has 6 nitrogen and oxygen atoms in total. The molecule has 1 unspecified atom stereocenters. The zero-order chi connectivity index (χ0) is 24.2. The average molecular weight is 467 g/mol. The summed E-state index contributed by atoms with van der Waals surface area (Å²) in [5, 5.41) is 0.137. The van der Waals surface area contributed by atoms with Gasteiger partial charge in [0.1, 0.15) is 17.1 Å². The van der Waals surface area contributed by atoms with E-state index in [0.717, 1.165) is 24.2 Å². The number of halogens is 1. The van der Waals surface area contributed by atoms with Crippen molar-refractivity contribution in [2.45, 2.75) is 38.6 Å². The second kappa shape index (κ2) is 10.4. The highest BCUT2D eigenvalue weighted by Crippen LogP contribution is 2.38. The number of likely N-dealkylation sites (N-methyl/N-ethyl adjacent to an activating group) is 1. The monoisotopic (exact) mass is 466 g/mol. The molecule has 34 heavy (non-hydrogen) atoms. The van der Waals surface area contributed by atoms with Crippen molar-refractivity contribution < 1.29 is 18.3 Å². The van der Waals surface area contributed by atoms with Crippen LogP contribution in [0.2, 0.25) is 0 Å². The number of amides is 1. The van der Waals surface area contributed by atoms with Crippen LogP contribution in [-0.4, -0.2) is 49.5 Å². The summed E-state index contributed by atoms with van der Waals surface area (Å²) in [7, 11) is 3.85. The molecule has 0 N–H and O–H groups in total. The van der Waals surface area contributed by atoms with Crippen molar-refractivity contribution in [3.8, 4) is 5.75 Å². The molecule has 2 heterocycles. The molecule has 2 aromatic carbocycles. The predicted octanol–water partition coefficient (Wildman–Crippen LogP) is 5.00. The fourth-order valence-corrected chi connectivity index (χ4v) is 4.34. The molecule has 0 fully saturated rings. The van der Waals surface area contributed by atoms with Crippen LogP contribution < -0.4 is 10.2 Å². The minimum Gasteiger partial charge on any atom is -0.494 e. The molecular weight excluding hydrogens is 435 g/mol. The van der Waals surface area contributed by atoms with Gasteiger partial charge in [0.2, 0.25) is 5.76 Å². The van der Waals surface area contributed by atoms with Crippen LogP contribution in [0.15, 0.2) is 51.7 Å². The molecule has 1 atom stereocenters. The second-order valence-corrected chi connectivity index (χ2v) is 9.00. The minimum atomic E-state index is -0.607. The zero-order valence-electron chi connectivity index (χ0n) is 20.0. The van der Waals surface area contributed by atoms with Crippen molar-refractivity contribution in [2.75, 3.05) is 33.8 Å². The third kappa shape index (κ3) is 4.85. The van der Waals surface area contributed by atoms with E-state index < -0.39 is 11.9 Å². The first-order valence-corrected chi connectivity index (χ1v) is 11.9. The summed E-state index contributed by atoms with van der Waals surface area (Å²) in [5.74, 6) is -0.0756. The van der Waals surface area contributed by atoms with Gasteiger partial charge >= 0.3 is 0 Å². The number of benzene rings is 2. The Bertz CT molecular complexity index is 1220. The molecule has 0 aliphatic carbocycles. The summed E-state index contributed by atoms with van der Waals surface area (Å²) in [5.41, 5.74) is 0.874. The molecule has 0 radical (unpaired) electrons. The van der Waals surface area contributed by atoms with E-state index in [1.807, 2.05) is 43.3 Å². The topological polar surface area (TPSA) is 63.0 Å². The van der Waals surface area contributed by atoms with Crippen LogP contribution in [0.1, 0.15) is 60.3 Å². The molecule has 1 amide bonds. The predicted molar refractivity (Wildman–Crippen MR) is 130 cm³/mol. The lowest BCUT2D eigenvalue weighted by Crippen LogP contribution is -2.35. The van der Waals surface area contributed by atoms with Gasteiger partial charge in [-0.15, -0.1) is 0 Å². The summed E-state index contributed by atoms with van der Waals surface area (Å²) in [6.07, 6.45) is 4.52. The maximum Gasteiger partial charge on any atom is 0.290 e. The second-order valence-electron chi connectivity index (χ2n) is 9.00. The number of carbonyl (C=O) groups excluding carboxylic acids is 1. The van der Waals surface area contributed by atoms with Gasteiger partial charge in [-0.25, -0.2) is 4.39 Å². The molecule has 1 aromatic heterocycles. The van der Waals surface area contributed by atoms with Gasteiger partial charge in [-0.05, 0) is 56.4 Å². The van der Waals surface area contributed by atoms with Gasteiger partial charge in [-0.1, -0.05) is 38.3 Å². The lowest BCUT2D eigenvalue weighted by Gasteiger charge is -2.26. The van der Waals surface area contributed by atoms with Gasteiger partial charge in [-0.2, -0.15) is 0 Å². The molecular formula is C27H31FN2O4. The van der Waals surface area contributed by atoms with E-state index in [-0.39, 0.29) is 33.6 Å². The largest absolute Gasteiger partial charge is 0.494 e. The number of hydrogen-bond acceptors (Lipinski definition) is 5. The van der Waals surface area contributed by atoms with Crippen LogP contribution in [0.5, 0.6) is 5.75 Å². The Labute approximate surface area is 198 Å². The molecule has 180 valence electrons. The number of fused-ring (bicyclic) bond motifs is 2. The Balaban J connectivity index is 1.69. The molecule has 0 bridgehead atoms. The standard InChI is InChI=1S/C27H31FN2O4/c1-4-5-6-7-16-33-20-11-8-18(9-12-20)24-23-25(31)21-17-19(28)10-13-22(21)34-26(23)27(32)30(24)15-14-29(2)3/h8-13,17,24H,4-7,14-16H2,1-3H3. The van der Waals surface area contributed by atoms with Crippen LogP contribution >= 0.6 is 0 Å². The Morgan fingerprint density at radius 1 is 1.06 bits per heavy atom.